The predicted molar refractivity (Wildman–Crippen MR) is 122 cm³/mol. The molecule has 0 spiro atoms. The largest absolute Gasteiger partial charge is 0.496 e. The van der Waals surface area contributed by atoms with Crippen molar-refractivity contribution in [3.63, 3.8) is 0 Å². The predicted octanol–water partition coefficient (Wildman–Crippen LogP) is 3.63. The summed E-state index contributed by atoms with van der Waals surface area (Å²) in [6.45, 7) is 5.69. The first-order valence-corrected chi connectivity index (χ1v) is 11.2. The maximum Gasteiger partial charge on any atom is 0.270 e. The number of carbonyl (C=O) groups excluding carboxylic acids is 1. The zero-order valence-electron chi connectivity index (χ0n) is 19.5. The molecule has 1 saturated carbocycles. The molecule has 32 heavy (non-hydrogen) atoms. The molecule has 0 saturated heterocycles. The van der Waals surface area contributed by atoms with Crippen molar-refractivity contribution in [2.24, 2.45) is 7.05 Å². The molecule has 1 fully saturated rings. The zero-order chi connectivity index (χ0) is 23.0. The highest BCUT2D eigenvalue weighted by Crippen LogP contribution is 2.28. The average Bonchev–Trinajstić information content (AvgIpc) is 3.27. The van der Waals surface area contributed by atoms with E-state index >= 15 is 0 Å². The Kier molecular flexibility index (Phi) is 6.04. The number of Topliss-reactive ketones (excluding diaryl/α,β-unsaturated/α-hetero) is 1. The van der Waals surface area contributed by atoms with Gasteiger partial charge in [-0.1, -0.05) is 24.5 Å². The molecule has 2 aromatic heterocycles. The molecule has 2 heterocycles. The van der Waals surface area contributed by atoms with Gasteiger partial charge >= 0.3 is 0 Å². The van der Waals surface area contributed by atoms with Crippen LogP contribution in [-0.2, 0) is 13.5 Å². The van der Waals surface area contributed by atoms with E-state index in [1.165, 1.54) is 6.42 Å². The van der Waals surface area contributed by atoms with E-state index in [9.17, 15) is 9.59 Å². The van der Waals surface area contributed by atoms with Crippen molar-refractivity contribution in [1.82, 2.24) is 24.4 Å². The summed E-state index contributed by atoms with van der Waals surface area (Å²) in [6.07, 6.45) is 5.56. The summed E-state index contributed by atoms with van der Waals surface area (Å²) in [6, 6.07) is 5.91. The Labute approximate surface area is 187 Å². The van der Waals surface area contributed by atoms with Crippen LogP contribution in [0.1, 0.15) is 71.1 Å². The van der Waals surface area contributed by atoms with Crippen molar-refractivity contribution in [2.45, 2.75) is 65.3 Å². The molecule has 8 heteroatoms. The number of nitrogens with zero attached hydrogens (tertiary/aromatic N) is 5. The normalized spacial score (nSPS) is 14.7. The number of ether oxygens (including phenoxy) is 1. The van der Waals surface area contributed by atoms with Gasteiger partial charge in [0.05, 0.1) is 24.5 Å². The number of benzene rings is 1. The Morgan fingerprint density at radius 2 is 1.84 bits per heavy atom. The van der Waals surface area contributed by atoms with Gasteiger partial charge in [0, 0.05) is 24.7 Å². The monoisotopic (exact) mass is 437 g/mol. The van der Waals surface area contributed by atoms with Crippen LogP contribution in [0.4, 0.5) is 0 Å². The molecule has 1 aliphatic rings. The fraction of sp³-hybridized carbons (Fsp3) is 0.500. The molecular formula is C24H31N5O3. The van der Waals surface area contributed by atoms with Crippen molar-refractivity contribution in [2.75, 3.05) is 7.11 Å². The summed E-state index contributed by atoms with van der Waals surface area (Å²) >= 11 is 0. The number of ketones is 1. The Morgan fingerprint density at radius 1 is 1.12 bits per heavy atom. The van der Waals surface area contributed by atoms with Crippen LogP contribution in [0.2, 0.25) is 0 Å². The number of hydrogen-bond donors (Lipinski definition) is 0. The molecular weight excluding hydrogens is 406 g/mol. The second-order valence-corrected chi connectivity index (χ2v) is 8.72. The van der Waals surface area contributed by atoms with Gasteiger partial charge in [0.2, 0.25) is 0 Å². The third-order valence-electron chi connectivity index (χ3n) is 6.75. The lowest BCUT2D eigenvalue weighted by Crippen LogP contribution is -2.29. The molecule has 0 aliphatic heterocycles. The molecule has 0 amide bonds. The smallest absolute Gasteiger partial charge is 0.270 e. The van der Waals surface area contributed by atoms with E-state index in [0.717, 1.165) is 48.4 Å². The summed E-state index contributed by atoms with van der Waals surface area (Å²) in [7, 11) is 3.54. The molecule has 3 aromatic rings. The van der Waals surface area contributed by atoms with E-state index in [1.54, 1.807) is 11.8 Å². The average molecular weight is 438 g/mol. The maximum absolute atomic E-state index is 13.2. The van der Waals surface area contributed by atoms with Crippen LogP contribution >= 0.6 is 0 Å². The first kappa shape index (κ1) is 22.0. The molecule has 0 unspecified atom stereocenters. The maximum atomic E-state index is 13.2. The topological polar surface area (TPSA) is 83.9 Å². The number of methoxy groups -OCH3 is 1. The van der Waals surface area contributed by atoms with Crippen molar-refractivity contribution < 1.29 is 9.53 Å². The summed E-state index contributed by atoms with van der Waals surface area (Å²) in [5.74, 6) is 0.595. The van der Waals surface area contributed by atoms with Crippen LogP contribution < -0.4 is 10.3 Å². The lowest BCUT2D eigenvalue weighted by Gasteiger charge is -2.24. The Bertz CT molecular complexity index is 1210. The number of carbonyl (C=O) groups is 1. The van der Waals surface area contributed by atoms with Gasteiger partial charge in [0.25, 0.3) is 5.56 Å². The molecule has 0 radical (unpaired) electrons. The van der Waals surface area contributed by atoms with Crippen LogP contribution in [0.3, 0.4) is 0 Å². The van der Waals surface area contributed by atoms with Gasteiger partial charge in [-0.2, -0.15) is 0 Å². The minimum absolute atomic E-state index is 0.0272. The zero-order valence-corrected chi connectivity index (χ0v) is 19.5. The Balaban J connectivity index is 1.62. The van der Waals surface area contributed by atoms with Gasteiger partial charge in [0.15, 0.2) is 11.5 Å². The van der Waals surface area contributed by atoms with E-state index < -0.39 is 0 Å². The van der Waals surface area contributed by atoms with Gasteiger partial charge in [-0.05, 0) is 57.4 Å². The highest BCUT2D eigenvalue weighted by Gasteiger charge is 2.26. The molecule has 8 nitrogen and oxygen atoms in total. The lowest BCUT2D eigenvalue weighted by molar-refractivity contribution is 0.0987. The van der Waals surface area contributed by atoms with Gasteiger partial charge in [-0.25, -0.2) is 9.36 Å². The second-order valence-electron chi connectivity index (χ2n) is 8.72. The highest BCUT2D eigenvalue weighted by atomic mass is 16.5. The van der Waals surface area contributed by atoms with Gasteiger partial charge in [0.1, 0.15) is 5.75 Å². The van der Waals surface area contributed by atoms with Crippen molar-refractivity contribution in [1.29, 1.82) is 0 Å². The molecule has 1 aliphatic carbocycles. The molecule has 0 atom stereocenters. The number of aromatic nitrogens is 5. The van der Waals surface area contributed by atoms with Crippen LogP contribution in [0.25, 0.3) is 5.69 Å². The first-order chi connectivity index (χ1) is 15.3. The Hall–Kier alpha value is -3.16. The summed E-state index contributed by atoms with van der Waals surface area (Å²) in [4.78, 5) is 26.4. The first-order valence-electron chi connectivity index (χ1n) is 11.2. The van der Waals surface area contributed by atoms with E-state index in [1.807, 2.05) is 55.4 Å². The highest BCUT2D eigenvalue weighted by molar-refractivity contribution is 5.96. The van der Waals surface area contributed by atoms with Crippen LogP contribution in [0, 0.1) is 20.8 Å². The van der Waals surface area contributed by atoms with Crippen LogP contribution in [0.15, 0.2) is 23.0 Å². The Morgan fingerprint density at radius 3 is 2.50 bits per heavy atom. The lowest BCUT2D eigenvalue weighted by atomic mass is 9.96. The van der Waals surface area contributed by atoms with E-state index in [0.29, 0.717) is 17.0 Å². The third-order valence-corrected chi connectivity index (χ3v) is 6.75. The number of aryl methyl sites for hydroxylation is 1. The van der Waals surface area contributed by atoms with E-state index in [2.05, 4.69) is 10.3 Å². The standard InChI is InChI=1S/C24H31N5O3/c1-15-13-19(11-12-22(15)32-5)28-17(3)23(25-26-28)21(30)14-20-16(2)27(4)29(24(20)31)18-9-7-6-8-10-18/h11-13,18H,6-10,14H2,1-5H3. The van der Waals surface area contributed by atoms with E-state index in [-0.39, 0.29) is 23.8 Å². The molecule has 1 aromatic carbocycles. The van der Waals surface area contributed by atoms with Gasteiger partial charge in [-0.3, -0.25) is 14.3 Å². The fourth-order valence-electron chi connectivity index (χ4n) is 4.80. The SMILES string of the molecule is COc1ccc(-n2nnc(C(=O)Cc3c(C)n(C)n(C4CCCCC4)c3=O)c2C)cc1C. The van der Waals surface area contributed by atoms with Gasteiger partial charge < -0.3 is 4.74 Å². The molecule has 0 N–H and O–H groups in total. The van der Waals surface area contributed by atoms with Crippen LogP contribution in [-0.4, -0.2) is 37.3 Å². The minimum atomic E-state index is -0.194. The minimum Gasteiger partial charge on any atom is -0.496 e. The number of hydrogen-bond acceptors (Lipinski definition) is 5. The van der Waals surface area contributed by atoms with Crippen molar-refractivity contribution >= 4 is 5.78 Å². The van der Waals surface area contributed by atoms with Crippen molar-refractivity contribution in [3.8, 4) is 11.4 Å². The fourth-order valence-corrected chi connectivity index (χ4v) is 4.80. The van der Waals surface area contributed by atoms with Gasteiger partial charge in [-0.15, -0.1) is 5.10 Å². The summed E-state index contributed by atoms with van der Waals surface area (Å²) in [5.41, 5.74) is 4.06. The quantitative estimate of drug-likeness (QED) is 0.550. The van der Waals surface area contributed by atoms with Crippen molar-refractivity contribution in [3.05, 3.63) is 56.8 Å². The molecule has 4 rings (SSSR count). The summed E-state index contributed by atoms with van der Waals surface area (Å²) in [5, 5.41) is 8.36. The molecule has 170 valence electrons. The molecule has 0 bridgehead atoms. The summed E-state index contributed by atoms with van der Waals surface area (Å²) < 4.78 is 10.7. The van der Waals surface area contributed by atoms with Crippen LogP contribution in [0.5, 0.6) is 5.75 Å². The van der Waals surface area contributed by atoms with E-state index in [4.69, 9.17) is 4.74 Å². The number of rotatable bonds is 6. The third kappa shape index (κ3) is 3.78. The second kappa shape index (κ2) is 8.76.